The number of hydrogen-bond donors (Lipinski definition) is 0. The summed E-state index contributed by atoms with van der Waals surface area (Å²) in [4.78, 5) is 4.45. The van der Waals surface area contributed by atoms with Gasteiger partial charge in [-0.1, -0.05) is 0 Å². The first-order valence-corrected chi connectivity index (χ1v) is 22.0. The van der Waals surface area contributed by atoms with Gasteiger partial charge in [-0.25, -0.2) is 0 Å². The van der Waals surface area contributed by atoms with Gasteiger partial charge in [0.25, 0.3) is 0 Å². The molecule has 224 valence electrons. The third kappa shape index (κ3) is 6.50. The van der Waals surface area contributed by atoms with Gasteiger partial charge in [0, 0.05) is 0 Å². The Labute approximate surface area is 251 Å². The van der Waals surface area contributed by atoms with Crippen LogP contribution in [-0.2, 0) is 17.0 Å². The summed E-state index contributed by atoms with van der Waals surface area (Å²) in [6.07, 6.45) is 0. The number of nitrogens with zero attached hydrogens (tertiary/aromatic N) is 2. The summed E-state index contributed by atoms with van der Waals surface area (Å²) >= 11 is 0.639. The van der Waals surface area contributed by atoms with Crippen molar-refractivity contribution in [2.75, 3.05) is 38.0 Å². The molecular formula is C32H59ClN2P2Pd. The monoisotopic (exact) mass is 674 g/mol. The molecule has 2 aromatic rings. The molecule has 0 aliphatic carbocycles. The fourth-order valence-corrected chi connectivity index (χ4v) is 56.3. The van der Waals surface area contributed by atoms with Gasteiger partial charge in [0.15, 0.2) is 0 Å². The summed E-state index contributed by atoms with van der Waals surface area (Å²) in [5.74, 6) is 0. The van der Waals surface area contributed by atoms with E-state index < -0.39 is 10.9 Å². The molecule has 0 amide bonds. The minimum atomic E-state index is -2.12. The van der Waals surface area contributed by atoms with E-state index in [4.69, 9.17) is 0 Å². The van der Waals surface area contributed by atoms with Gasteiger partial charge in [-0.3, -0.25) is 0 Å². The van der Waals surface area contributed by atoms with Crippen molar-refractivity contribution in [3.05, 3.63) is 48.5 Å². The Hall–Kier alpha value is -0.148. The van der Waals surface area contributed by atoms with Crippen LogP contribution in [0.15, 0.2) is 48.5 Å². The molecule has 0 heterocycles. The number of halogens is 1. The SMILES string of the molecule is CN(C)c1ccc([PH]([Pd][PH](c2ccc(N(C)C)cc2)(C(C)(C)C)C(C)(C)C)(C(C)(C)C)C(C)(C)C)cc1.Cl. The largest absolute Gasteiger partial charge is 0.147 e. The van der Waals surface area contributed by atoms with E-state index in [1.165, 1.54) is 11.4 Å². The molecule has 0 fully saturated rings. The number of anilines is 2. The Bertz CT molecular complexity index is 922. The molecule has 0 radical (unpaired) electrons. The van der Waals surface area contributed by atoms with Crippen LogP contribution in [0.4, 0.5) is 11.4 Å². The van der Waals surface area contributed by atoms with E-state index in [9.17, 15) is 0 Å². The van der Waals surface area contributed by atoms with Crippen LogP contribution in [0.3, 0.4) is 0 Å². The Morgan fingerprint density at radius 2 is 0.658 bits per heavy atom. The van der Waals surface area contributed by atoms with Gasteiger partial charge in [0.2, 0.25) is 0 Å². The van der Waals surface area contributed by atoms with Gasteiger partial charge < -0.3 is 0 Å². The summed E-state index contributed by atoms with van der Waals surface area (Å²) in [5.41, 5.74) is -1.67. The fourth-order valence-electron chi connectivity index (χ4n) is 6.68. The number of benzene rings is 2. The predicted octanol–water partition coefficient (Wildman–Crippen LogP) is 8.80. The average molecular weight is 676 g/mol. The summed E-state index contributed by atoms with van der Waals surface area (Å²) in [6.45, 7) is 30.7. The molecule has 0 aromatic heterocycles. The molecule has 0 saturated heterocycles. The fraction of sp³-hybridized carbons (Fsp3) is 0.625. The van der Waals surface area contributed by atoms with Gasteiger partial charge in [-0.2, -0.15) is 0 Å². The second kappa shape index (κ2) is 12.0. The van der Waals surface area contributed by atoms with E-state index in [0.717, 1.165) is 0 Å². The van der Waals surface area contributed by atoms with Gasteiger partial charge >= 0.3 is 240 Å². The van der Waals surface area contributed by atoms with Crippen LogP contribution in [-0.4, -0.2) is 48.8 Å². The summed E-state index contributed by atoms with van der Waals surface area (Å²) in [7, 11) is 8.57. The van der Waals surface area contributed by atoms with Crippen LogP contribution in [0.2, 0.25) is 0 Å². The molecule has 0 aliphatic rings. The van der Waals surface area contributed by atoms with Crippen LogP contribution in [0, 0.1) is 0 Å². The maximum absolute atomic E-state index is 2.56. The number of rotatable bonds is 6. The Morgan fingerprint density at radius 1 is 0.447 bits per heavy atom. The molecular weight excluding hydrogens is 616 g/mol. The van der Waals surface area contributed by atoms with E-state index in [0.29, 0.717) is 17.0 Å². The molecule has 2 nitrogen and oxygen atoms in total. The Morgan fingerprint density at radius 3 is 0.816 bits per heavy atom. The van der Waals surface area contributed by atoms with Crippen LogP contribution in [0.25, 0.3) is 0 Å². The molecule has 2 aromatic carbocycles. The molecule has 0 bridgehead atoms. The normalized spacial score (nSPS) is 14.6. The minimum absolute atomic E-state index is 0. The van der Waals surface area contributed by atoms with Gasteiger partial charge in [0.05, 0.1) is 0 Å². The zero-order valence-electron chi connectivity index (χ0n) is 27.2. The summed E-state index contributed by atoms with van der Waals surface area (Å²) in [6, 6.07) is 19.5. The number of hydrogen-bond acceptors (Lipinski definition) is 2. The Kier molecular flexibility index (Phi) is 11.3. The third-order valence-electron chi connectivity index (χ3n) is 7.71. The zero-order chi connectivity index (χ0) is 28.8. The van der Waals surface area contributed by atoms with E-state index in [2.05, 4.69) is 170 Å². The molecule has 38 heavy (non-hydrogen) atoms. The Balaban J connectivity index is 0.00000722. The van der Waals surface area contributed by atoms with Crippen molar-refractivity contribution in [1.29, 1.82) is 0 Å². The van der Waals surface area contributed by atoms with E-state index in [1.807, 2.05) is 0 Å². The molecule has 0 atom stereocenters. The van der Waals surface area contributed by atoms with Gasteiger partial charge in [-0.05, 0) is 0 Å². The van der Waals surface area contributed by atoms with Crippen molar-refractivity contribution in [2.24, 2.45) is 0 Å². The first-order chi connectivity index (χ1) is 16.5. The predicted molar refractivity (Wildman–Crippen MR) is 184 cm³/mol. The quantitative estimate of drug-likeness (QED) is 0.223. The van der Waals surface area contributed by atoms with Crippen molar-refractivity contribution >= 4 is 45.3 Å². The molecule has 0 saturated carbocycles. The molecule has 0 unspecified atom stereocenters. The molecule has 0 N–H and O–H groups in total. The molecule has 0 aliphatic heterocycles. The standard InChI is InChI=1S/2C16H28NP.ClH.Pd/c2*1-15(2,3)18(16(4,5)6)14-11-9-13(10-12-14)17(7)8;;/h2*9-12H,1-8H3;1H;/q;;;-2/p+2. The van der Waals surface area contributed by atoms with E-state index in [1.54, 1.807) is 10.6 Å². The first kappa shape index (κ1) is 35.9. The van der Waals surface area contributed by atoms with Crippen molar-refractivity contribution in [2.45, 2.75) is 104 Å². The topological polar surface area (TPSA) is 6.48 Å². The molecule has 0 spiro atoms. The van der Waals surface area contributed by atoms with Crippen LogP contribution in [0.1, 0.15) is 83.1 Å². The second-order valence-electron chi connectivity index (χ2n) is 15.2. The van der Waals surface area contributed by atoms with Gasteiger partial charge in [-0.15, -0.1) is 12.4 Å². The zero-order valence-corrected chi connectivity index (χ0v) is 31.6. The smallest absolute Gasteiger partial charge is 0.147 e. The van der Waals surface area contributed by atoms with E-state index >= 15 is 0 Å². The van der Waals surface area contributed by atoms with Crippen molar-refractivity contribution in [1.82, 2.24) is 0 Å². The summed E-state index contributed by atoms with van der Waals surface area (Å²) in [5, 5.41) is 4.16. The maximum atomic E-state index is 2.56. The maximum Gasteiger partial charge on any atom is -0.147 e. The third-order valence-corrected chi connectivity index (χ3v) is 46.9. The van der Waals surface area contributed by atoms with Crippen molar-refractivity contribution < 1.29 is 17.0 Å². The second-order valence-corrected chi connectivity index (χ2v) is 35.9. The average Bonchev–Trinajstić information content (AvgIpc) is 2.71. The van der Waals surface area contributed by atoms with Crippen LogP contribution in [0.5, 0.6) is 0 Å². The first-order valence-electron chi connectivity index (χ1n) is 13.7. The molecule has 6 heteroatoms. The van der Waals surface area contributed by atoms with Crippen molar-refractivity contribution in [3.8, 4) is 0 Å². The van der Waals surface area contributed by atoms with Gasteiger partial charge in [0.1, 0.15) is 0 Å². The van der Waals surface area contributed by atoms with Crippen molar-refractivity contribution in [3.63, 3.8) is 0 Å². The molecule has 2 rings (SSSR count). The summed E-state index contributed by atoms with van der Waals surface area (Å²) < 4.78 is 0. The van der Waals surface area contributed by atoms with Crippen LogP contribution >= 0.6 is 23.3 Å². The van der Waals surface area contributed by atoms with E-state index in [-0.39, 0.29) is 33.0 Å². The minimum Gasteiger partial charge on any atom is -0.147 e. The van der Waals surface area contributed by atoms with Crippen LogP contribution < -0.4 is 20.4 Å².